The van der Waals surface area contributed by atoms with Gasteiger partial charge >= 0.3 is 5.97 Å². The van der Waals surface area contributed by atoms with E-state index < -0.39 is 72.7 Å². The molecule has 1 aromatic carbocycles. The fourth-order valence-electron chi connectivity index (χ4n) is 7.48. The van der Waals surface area contributed by atoms with Gasteiger partial charge in [-0.25, -0.2) is 4.79 Å². The van der Waals surface area contributed by atoms with Gasteiger partial charge in [-0.2, -0.15) is 0 Å². The van der Waals surface area contributed by atoms with E-state index in [1.807, 2.05) is 33.8 Å². The Morgan fingerprint density at radius 1 is 0.942 bits per heavy atom. The lowest BCUT2D eigenvalue weighted by Gasteiger charge is -2.40. The molecule has 4 N–H and O–H groups in total. The first kappa shape index (κ1) is 44.6. The van der Waals surface area contributed by atoms with E-state index in [0.29, 0.717) is 25.8 Å². The smallest absolute Gasteiger partial charge is 0.326 e. The molecule has 14 nitrogen and oxygen atoms in total. The second-order valence-corrected chi connectivity index (χ2v) is 14.6. The van der Waals surface area contributed by atoms with Crippen LogP contribution in [0.1, 0.15) is 65.9 Å². The van der Waals surface area contributed by atoms with Gasteiger partial charge in [-0.05, 0) is 44.3 Å². The molecule has 0 aliphatic carbocycles. The Hall–Kier alpha value is -3.59. The van der Waals surface area contributed by atoms with Crippen molar-refractivity contribution in [3.8, 4) is 0 Å². The first-order valence-corrected chi connectivity index (χ1v) is 18.3. The number of carbonyl (C=O) groups is 5. The zero-order chi connectivity index (χ0) is 39.3. The summed E-state index contributed by atoms with van der Waals surface area (Å²) in [5.74, 6) is -3.67. The van der Waals surface area contributed by atoms with Gasteiger partial charge in [0.15, 0.2) is 0 Å². The molecule has 1 saturated heterocycles. The molecule has 1 fully saturated rings. The maximum Gasteiger partial charge on any atom is 0.326 e. The molecule has 1 aromatic rings. The van der Waals surface area contributed by atoms with Gasteiger partial charge < -0.3 is 40.1 Å². The predicted octanol–water partition coefficient (Wildman–Crippen LogP) is 1.78. The van der Waals surface area contributed by atoms with E-state index in [4.69, 9.17) is 9.47 Å². The Balaban J connectivity index is 2.24. The molecule has 0 radical (unpaired) electrons. The summed E-state index contributed by atoms with van der Waals surface area (Å²) in [6, 6.07) is 5.19. The number of aliphatic carboxylic acids is 1. The summed E-state index contributed by atoms with van der Waals surface area (Å²) in [6.07, 6.45) is 0.543. The SMILES string of the molecule is CC[C@H](C)[C@@H]([C@@H](CC(=O)N1CCCC1[C@H](OC)[C@@H](C)C(=O)NC(Cc1ccccc1)C(=O)O)OC)N(C)C(=O)C(CO)NC(=O)C(C(C)C)N(C)C. The van der Waals surface area contributed by atoms with Gasteiger partial charge in [0.25, 0.3) is 0 Å². The second-order valence-electron chi connectivity index (χ2n) is 14.6. The number of carboxylic acid groups (broad SMARTS) is 1. The number of benzene rings is 1. The van der Waals surface area contributed by atoms with Crippen molar-refractivity contribution in [1.29, 1.82) is 0 Å². The number of amides is 4. The van der Waals surface area contributed by atoms with E-state index >= 15 is 0 Å². The number of aliphatic hydroxyl groups is 1. The molecule has 1 heterocycles. The van der Waals surface area contributed by atoms with Crippen molar-refractivity contribution in [3.05, 3.63) is 35.9 Å². The van der Waals surface area contributed by atoms with Crippen LogP contribution in [0.4, 0.5) is 0 Å². The lowest BCUT2D eigenvalue weighted by Crippen LogP contribution is -2.59. The highest BCUT2D eigenvalue weighted by Crippen LogP contribution is 2.29. The highest BCUT2D eigenvalue weighted by molar-refractivity contribution is 5.90. The Bertz CT molecular complexity index is 1300. The van der Waals surface area contributed by atoms with Gasteiger partial charge in [0, 0.05) is 34.2 Å². The zero-order valence-corrected chi connectivity index (χ0v) is 32.7. The van der Waals surface area contributed by atoms with Crippen LogP contribution < -0.4 is 10.6 Å². The van der Waals surface area contributed by atoms with Crippen molar-refractivity contribution >= 4 is 29.6 Å². The number of likely N-dealkylation sites (N-methyl/N-ethyl adjacent to an activating group) is 2. The molecule has 0 spiro atoms. The van der Waals surface area contributed by atoms with Crippen LogP contribution in [0.5, 0.6) is 0 Å². The predicted molar refractivity (Wildman–Crippen MR) is 197 cm³/mol. The third kappa shape index (κ3) is 11.7. The summed E-state index contributed by atoms with van der Waals surface area (Å²) in [5.41, 5.74) is 0.773. The van der Waals surface area contributed by atoms with E-state index in [1.165, 1.54) is 19.1 Å². The van der Waals surface area contributed by atoms with Crippen LogP contribution in [0.25, 0.3) is 0 Å². The summed E-state index contributed by atoms with van der Waals surface area (Å²) >= 11 is 0. The van der Waals surface area contributed by atoms with Crippen molar-refractivity contribution in [2.75, 3.05) is 48.5 Å². The molecule has 0 saturated carbocycles. The number of carbonyl (C=O) groups excluding carboxylic acids is 4. The zero-order valence-electron chi connectivity index (χ0n) is 32.7. The molecule has 2 rings (SSSR count). The lowest BCUT2D eigenvalue weighted by molar-refractivity contribution is -0.148. The summed E-state index contributed by atoms with van der Waals surface area (Å²) in [4.78, 5) is 71.5. The average molecular weight is 734 g/mol. The van der Waals surface area contributed by atoms with Gasteiger partial charge in [0.1, 0.15) is 12.1 Å². The fourth-order valence-corrected chi connectivity index (χ4v) is 7.48. The van der Waals surface area contributed by atoms with Crippen molar-refractivity contribution in [3.63, 3.8) is 0 Å². The molecule has 9 atom stereocenters. The van der Waals surface area contributed by atoms with Crippen LogP contribution in [0.15, 0.2) is 30.3 Å². The number of methoxy groups -OCH3 is 2. The number of likely N-dealkylation sites (tertiary alicyclic amines) is 1. The van der Waals surface area contributed by atoms with Gasteiger partial charge in [-0.3, -0.25) is 24.1 Å². The van der Waals surface area contributed by atoms with E-state index in [9.17, 15) is 34.2 Å². The first-order valence-electron chi connectivity index (χ1n) is 18.3. The largest absolute Gasteiger partial charge is 0.480 e. The highest BCUT2D eigenvalue weighted by atomic mass is 16.5. The summed E-state index contributed by atoms with van der Waals surface area (Å²) in [5, 5.41) is 25.4. The normalized spacial score (nSPS) is 19.2. The number of nitrogens with zero attached hydrogens (tertiary/aromatic N) is 3. The van der Waals surface area contributed by atoms with E-state index in [2.05, 4.69) is 10.6 Å². The number of aliphatic hydroxyl groups excluding tert-OH is 1. The number of hydrogen-bond donors (Lipinski definition) is 4. The highest BCUT2D eigenvalue weighted by Gasteiger charge is 2.43. The summed E-state index contributed by atoms with van der Waals surface area (Å²) in [6.45, 7) is 9.24. The lowest BCUT2D eigenvalue weighted by atomic mass is 9.90. The Morgan fingerprint density at radius 3 is 2.06 bits per heavy atom. The Morgan fingerprint density at radius 2 is 1.56 bits per heavy atom. The molecule has 0 bridgehead atoms. The molecule has 4 amide bonds. The molecule has 0 aromatic heterocycles. The maximum atomic E-state index is 14.1. The Labute approximate surface area is 309 Å². The Kier molecular flexibility index (Phi) is 18.2. The van der Waals surface area contributed by atoms with E-state index in [-0.39, 0.29) is 36.5 Å². The number of rotatable bonds is 21. The second kappa shape index (κ2) is 21.2. The van der Waals surface area contributed by atoms with Crippen LogP contribution in [-0.2, 0) is 39.9 Å². The monoisotopic (exact) mass is 733 g/mol. The minimum absolute atomic E-state index is 0.0373. The minimum Gasteiger partial charge on any atom is -0.480 e. The van der Waals surface area contributed by atoms with Crippen LogP contribution in [0, 0.1) is 17.8 Å². The quantitative estimate of drug-likeness (QED) is 0.146. The maximum absolute atomic E-state index is 14.1. The van der Waals surface area contributed by atoms with Crippen LogP contribution >= 0.6 is 0 Å². The fraction of sp³-hybridized carbons (Fsp3) is 0.711. The minimum atomic E-state index is -1.19. The molecular formula is C38H63N5O9. The van der Waals surface area contributed by atoms with Crippen molar-refractivity contribution in [1.82, 2.24) is 25.3 Å². The van der Waals surface area contributed by atoms with Crippen molar-refractivity contribution < 1.29 is 43.7 Å². The first-order chi connectivity index (χ1) is 24.5. The number of nitrogens with one attached hydrogen (secondary N) is 2. The molecule has 1 aliphatic rings. The summed E-state index contributed by atoms with van der Waals surface area (Å²) in [7, 11) is 8.12. The topological polar surface area (TPSA) is 178 Å². The molecule has 52 heavy (non-hydrogen) atoms. The molecule has 4 unspecified atom stereocenters. The standard InChI is InChI=1S/C38H63N5O9/c1-11-24(4)33(42(8)37(48)28(22-44)40-36(47)32(23(2)3)41(6)7)30(51-9)21-31(45)43-19-15-18-29(43)34(52-10)25(5)35(46)39-27(38(49)50)20-26-16-13-12-14-17-26/h12-14,16-17,23-25,27-30,32-34,44H,11,15,18-22H2,1-10H3,(H,39,46)(H,40,47)(H,49,50)/t24-,25+,27?,28?,29?,30+,32?,33-,34+/m0/s1. The van der Waals surface area contributed by atoms with Crippen LogP contribution in [0.2, 0.25) is 0 Å². The van der Waals surface area contributed by atoms with Gasteiger partial charge in [-0.1, -0.05) is 71.4 Å². The van der Waals surface area contributed by atoms with Gasteiger partial charge in [0.2, 0.25) is 23.6 Å². The molecular weight excluding hydrogens is 670 g/mol. The van der Waals surface area contributed by atoms with Crippen molar-refractivity contribution in [2.24, 2.45) is 17.8 Å². The van der Waals surface area contributed by atoms with Crippen molar-refractivity contribution in [2.45, 2.75) is 109 Å². The summed E-state index contributed by atoms with van der Waals surface area (Å²) < 4.78 is 11.7. The molecule has 14 heteroatoms. The molecule has 1 aliphatic heterocycles. The third-order valence-corrected chi connectivity index (χ3v) is 10.4. The average Bonchev–Trinajstić information content (AvgIpc) is 3.59. The third-order valence-electron chi connectivity index (χ3n) is 10.4. The van der Waals surface area contributed by atoms with Crippen LogP contribution in [0.3, 0.4) is 0 Å². The molecule has 294 valence electrons. The van der Waals surface area contributed by atoms with Gasteiger partial charge in [0.05, 0.1) is 49.3 Å². The van der Waals surface area contributed by atoms with E-state index in [0.717, 1.165) is 5.56 Å². The van der Waals surface area contributed by atoms with E-state index in [1.54, 1.807) is 62.1 Å². The van der Waals surface area contributed by atoms with Gasteiger partial charge in [-0.15, -0.1) is 0 Å². The number of carboxylic acids is 1. The number of ether oxygens (including phenoxy) is 2. The number of hydrogen-bond acceptors (Lipinski definition) is 9. The van der Waals surface area contributed by atoms with Crippen LogP contribution in [-0.4, -0.2) is 145 Å².